The van der Waals surface area contributed by atoms with Gasteiger partial charge in [-0.3, -0.25) is 24.0 Å². The average Bonchev–Trinajstić information content (AvgIpc) is 2.75. The third kappa shape index (κ3) is 7.44. The van der Waals surface area contributed by atoms with Gasteiger partial charge in [0.1, 0.15) is 24.5 Å². The molecule has 1 aromatic rings. The van der Waals surface area contributed by atoms with Crippen molar-refractivity contribution in [2.24, 2.45) is 0 Å². The molecule has 0 bridgehead atoms. The number of nitrogens with one attached hydrogen (secondary N) is 1. The van der Waals surface area contributed by atoms with Gasteiger partial charge in [0.15, 0.2) is 12.2 Å². The van der Waals surface area contributed by atoms with E-state index in [4.69, 9.17) is 28.4 Å². The number of esters is 4. The van der Waals surface area contributed by atoms with E-state index in [0.29, 0.717) is 5.75 Å². The standard InChI is InChI=1S/C22H27NO11/c1-11(24)30-10-17-19(31-12(2)25)20(32-13(3)26)18(22(34-17)33-14(4)27)23-21(28)15-6-8-16(29-5)9-7-15/h6-9,17-20,22H,10H2,1-5H3,(H,23,28)/t17-,18+,19+,20-,22-/m1/s1. The number of methoxy groups -OCH3 is 1. The fourth-order valence-electron chi connectivity index (χ4n) is 3.30. The van der Waals surface area contributed by atoms with Gasteiger partial charge in [-0.2, -0.15) is 0 Å². The number of ether oxygens (including phenoxy) is 6. The highest BCUT2D eigenvalue weighted by Crippen LogP contribution is 2.28. The zero-order chi connectivity index (χ0) is 25.4. The van der Waals surface area contributed by atoms with Gasteiger partial charge in [0.2, 0.25) is 6.29 Å². The molecule has 1 aliphatic heterocycles. The summed E-state index contributed by atoms with van der Waals surface area (Å²) in [6.07, 6.45) is -5.27. The van der Waals surface area contributed by atoms with Crippen LogP contribution in [0.5, 0.6) is 5.75 Å². The van der Waals surface area contributed by atoms with E-state index in [0.717, 1.165) is 27.7 Å². The van der Waals surface area contributed by atoms with Crippen LogP contribution < -0.4 is 10.1 Å². The molecule has 2 rings (SSSR count). The number of hydrogen-bond donors (Lipinski definition) is 1. The normalized spacial score (nSPS) is 23.7. The average molecular weight is 481 g/mol. The van der Waals surface area contributed by atoms with Crippen LogP contribution >= 0.6 is 0 Å². The molecule has 0 aliphatic carbocycles. The van der Waals surface area contributed by atoms with Gasteiger partial charge < -0.3 is 33.7 Å². The number of hydrogen-bond acceptors (Lipinski definition) is 11. The molecule has 1 heterocycles. The Morgan fingerprint density at radius 1 is 0.824 bits per heavy atom. The summed E-state index contributed by atoms with van der Waals surface area (Å²) in [5.41, 5.74) is 0.218. The first-order valence-electron chi connectivity index (χ1n) is 10.3. The van der Waals surface area contributed by atoms with Gasteiger partial charge in [-0.05, 0) is 24.3 Å². The maximum Gasteiger partial charge on any atom is 0.305 e. The van der Waals surface area contributed by atoms with E-state index < -0.39 is 67.0 Å². The van der Waals surface area contributed by atoms with Gasteiger partial charge in [-0.15, -0.1) is 0 Å². The summed E-state index contributed by atoms with van der Waals surface area (Å²) in [6.45, 7) is 4.11. The predicted octanol–water partition coefficient (Wildman–Crippen LogP) is 0.508. The largest absolute Gasteiger partial charge is 0.497 e. The summed E-state index contributed by atoms with van der Waals surface area (Å²) in [6, 6.07) is 4.84. The van der Waals surface area contributed by atoms with Crippen molar-refractivity contribution < 1.29 is 52.4 Å². The molecule has 1 N–H and O–H groups in total. The van der Waals surface area contributed by atoms with Crippen molar-refractivity contribution in [1.82, 2.24) is 5.32 Å². The van der Waals surface area contributed by atoms with Crippen molar-refractivity contribution in [3.63, 3.8) is 0 Å². The Labute approximate surface area is 195 Å². The Kier molecular flexibility index (Phi) is 9.36. The fraction of sp³-hybridized carbons (Fsp3) is 0.500. The number of benzene rings is 1. The van der Waals surface area contributed by atoms with Crippen LogP contribution in [0, 0.1) is 0 Å². The first-order chi connectivity index (χ1) is 16.0. The maximum absolute atomic E-state index is 12.9. The molecule has 0 unspecified atom stereocenters. The van der Waals surface area contributed by atoms with Gasteiger partial charge in [0.05, 0.1) is 7.11 Å². The van der Waals surface area contributed by atoms with Crippen LogP contribution in [-0.2, 0) is 42.9 Å². The van der Waals surface area contributed by atoms with Crippen LogP contribution in [0.15, 0.2) is 24.3 Å². The minimum absolute atomic E-state index is 0.218. The first kappa shape index (κ1) is 26.6. The Hall–Kier alpha value is -3.67. The first-order valence-corrected chi connectivity index (χ1v) is 10.3. The Bertz CT molecular complexity index is 914. The maximum atomic E-state index is 12.9. The van der Waals surface area contributed by atoms with Gasteiger partial charge in [-0.1, -0.05) is 0 Å². The molecule has 5 atom stereocenters. The molecule has 12 heteroatoms. The van der Waals surface area contributed by atoms with E-state index in [-0.39, 0.29) is 5.56 Å². The van der Waals surface area contributed by atoms with E-state index >= 15 is 0 Å². The smallest absolute Gasteiger partial charge is 0.305 e. The SMILES string of the molecule is COc1ccc(C(=O)N[C@@H]2[C@H](OC(C)=O)O[C@H](COC(C)=O)[C@H](OC(C)=O)[C@@H]2OC(C)=O)cc1. The highest BCUT2D eigenvalue weighted by atomic mass is 16.7. The van der Waals surface area contributed by atoms with Gasteiger partial charge >= 0.3 is 23.9 Å². The van der Waals surface area contributed by atoms with Crippen molar-refractivity contribution in [2.75, 3.05) is 13.7 Å². The Morgan fingerprint density at radius 3 is 1.88 bits per heavy atom. The molecule has 0 spiro atoms. The van der Waals surface area contributed by atoms with Crippen LogP contribution in [0.3, 0.4) is 0 Å². The lowest BCUT2D eigenvalue weighted by atomic mass is 9.95. The van der Waals surface area contributed by atoms with Crippen molar-refractivity contribution in [3.8, 4) is 5.75 Å². The zero-order valence-corrected chi connectivity index (χ0v) is 19.4. The molecule has 1 saturated heterocycles. The third-order valence-electron chi connectivity index (χ3n) is 4.63. The van der Waals surface area contributed by atoms with Crippen molar-refractivity contribution in [2.45, 2.75) is 58.3 Å². The number of carbonyl (C=O) groups excluding carboxylic acids is 5. The molecule has 186 valence electrons. The highest BCUT2D eigenvalue weighted by Gasteiger charge is 2.52. The Morgan fingerprint density at radius 2 is 1.38 bits per heavy atom. The monoisotopic (exact) mass is 481 g/mol. The molecule has 34 heavy (non-hydrogen) atoms. The molecule has 0 saturated carbocycles. The van der Waals surface area contributed by atoms with Crippen LogP contribution in [0.1, 0.15) is 38.1 Å². The second-order valence-corrected chi connectivity index (χ2v) is 7.33. The number of rotatable bonds is 8. The Balaban J connectivity index is 2.43. The van der Waals surface area contributed by atoms with E-state index in [9.17, 15) is 24.0 Å². The van der Waals surface area contributed by atoms with Crippen molar-refractivity contribution in [1.29, 1.82) is 0 Å². The molecule has 1 fully saturated rings. The van der Waals surface area contributed by atoms with Crippen molar-refractivity contribution >= 4 is 29.8 Å². The van der Waals surface area contributed by atoms with Gasteiger partial charge in [0.25, 0.3) is 5.91 Å². The van der Waals surface area contributed by atoms with Crippen LogP contribution in [0.4, 0.5) is 0 Å². The van der Waals surface area contributed by atoms with Gasteiger partial charge in [0, 0.05) is 33.3 Å². The van der Waals surface area contributed by atoms with Crippen molar-refractivity contribution in [3.05, 3.63) is 29.8 Å². The van der Waals surface area contributed by atoms with E-state index in [2.05, 4.69) is 5.32 Å². The molecule has 1 amide bonds. The second-order valence-electron chi connectivity index (χ2n) is 7.33. The summed E-state index contributed by atoms with van der Waals surface area (Å²) < 4.78 is 31.7. The van der Waals surface area contributed by atoms with E-state index in [1.165, 1.54) is 19.2 Å². The van der Waals surface area contributed by atoms with Crippen LogP contribution in [0.25, 0.3) is 0 Å². The summed E-state index contributed by atoms with van der Waals surface area (Å²) in [5.74, 6) is -3.01. The molecular weight excluding hydrogens is 454 g/mol. The minimum Gasteiger partial charge on any atom is -0.497 e. The molecule has 12 nitrogen and oxygen atoms in total. The topological polar surface area (TPSA) is 153 Å². The second kappa shape index (κ2) is 12.0. The third-order valence-corrected chi connectivity index (χ3v) is 4.63. The van der Waals surface area contributed by atoms with E-state index in [1.807, 2.05) is 0 Å². The quantitative estimate of drug-likeness (QED) is 0.408. The molecular formula is C22H27NO11. The van der Waals surface area contributed by atoms with E-state index in [1.54, 1.807) is 12.1 Å². The zero-order valence-electron chi connectivity index (χ0n) is 19.4. The summed E-state index contributed by atoms with van der Waals surface area (Å²) in [4.78, 5) is 59.7. The molecule has 0 aromatic heterocycles. The van der Waals surface area contributed by atoms with Gasteiger partial charge in [-0.25, -0.2) is 0 Å². The molecule has 0 radical (unpaired) electrons. The number of amides is 1. The van der Waals surface area contributed by atoms with Crippen LogP contribution in [0.2, 0.25) is 0 Å². The summed E-state index contributed by atoms with van der Waals surface area (Å²) in [7, 11) is 1.48. The lowest BCUT2D eigenvalue weighted by Crippen LogP contribution is -2.67. The minimum atomic E-state index is -1.46. The molecule has 1 aliphatic rings. The fourth-order valence-corrected chi connectivity index (χ4v) is 3.30. The molecule has 1 aromatic carbocycles. The lowest BCUT2D eigenvalue weighted by molar-refractivity contribution is -0.270. The summed E-state index contributed by atoms with van der Waals surface area (Å²) in [5, 5.41) is 2.61. The van der Waals surface area contributed by atoms with Crippen LogP contribution in [-0.4, -0.2) is 74.1 Å². The summed E-state index contributed by atoms with van der Waals surface area (Å²) >= 11 is 0. The highest BCUT2D eigenvalue weighted by molar-refractivity contribution is 5.94. The predicted molar refractivity (Wildman–Crippen MR) is 112 cm³/mol. The lowest BCUT2D eigenvalue weighted by Gasteiger charge is -2.44. The number of carbonyl (C=O) groups is 5.